The summed E-state index contributed by atoms with van der Waals surface area (Å²) in [5.41, 5.74) is 0.0858. The molecule has 1 aromatic rings. The molecule has 0 saturated heterocycles. The SMILES string of the molecule is C[C@H]1CC=C2C(C#N)C(=N)C(C#N)(C#N)[C@@H](c3cccc(Br)c3)[C@H]2C1. The lowest BCUT2D eigenvalue weighted by Crippen LogP contribution is -2.49. The molecule has 0 bridgehead atoms. The number of nitrogens with one attached hydrogen (secondary N) is 1. The quantitative estimate of drug-likeness (QED) is 0.700. The molecular weight excluding hydrogens is 376 g/mol. The summed E-state index contributed by atoms with van der Waals surface area (Å²) in [7, 11) is 0. The maximum absolute atomic E-state index is 9.93. The van der Waals surface area contributed by atoms with Gasteiger partial charge in [0.05, 0.1) is 23.9 Å². The van der Waals surface area contributed by atoms with Crippen LogP contribution in [0, 0.1) is 62.6 Å². The topological polar surface area (TPSA) is 95.2 Å². The molecule has 5 heteroatoms. The highest BCUT2D eigenvalue weighted by Gasteiger charge is 2.57. The van der Waals surface area contributed by atoms with Crippen LogP contribution < -0.4 is 0 Å². The highest BCUT2D eigenvalue weighted by Crippen LogP contribution is 2.55. The Labute approximate surface area is 156 Å². The Hall–Kier alpha value is -2.42. The van der Waals surface area contributed by atoms with Crippen molar-refractivity contribution in [3.05, 3.63) is 46.0 Å². The summed E-state index contributed by atoms with van der Waals surface area (Å²) < 4.78 is 0.873. The van der Waals surface area contributed by atoms with Gasteiger partial charge in [0.2, 0.25) is 0 Å². The summed E-state index contributed by atoms with van der Waals surface area (Å²) in [5, 5.41) is 38.0. The lowest BCUT2D eigenvalue weighted by atomic mass is 9.52. The molecule has 124 valence electrons. The number of hydrogen-bond donors (Lipinski definition) is 1. The minimum Gasteiger partial charge on any atom is -0.305 e. The monoisotopic (exact) mass is 392 g/mol. The Balaban J connectivity index is 2.28. The van der Waals surface area contributed by atoms with E-state index in [-0.39, 0.29) is 11.6 Å². The third-order valence-corrected chi connectivity index (χ3v) is 5.94. The molecule has 0 spiro atoms. The van der Waals surface area contributed by atoms with Crippen LogP contribution in [-0.4, -0.2) is 5.71 Å². The van der Waals surface area contributed by atoms with Crippen LogP contribution in [0.3, 0.4) is 0 Å². The van der Waals surface area contributed by atoms with E-state index in [1.165, 1.54) is 0 Å². The van der Waals surface area contributed by atoms with E-state index in [1.54, 1.807) is 0 Å². The van der Waals surface area contributed by atoms with Crippen molar-refractivity contribution in [3.8, 4) is 18.2 Å². The maximum Gasteiger partial charge on any atom is 0.189 e. The predicted octanol–water partition coefficient (Wildman–Crippen LogP) is 4.71. The summed E-state index contributed by atoms with van der Waals surface area (Å²) in [4.78, 5) is 0. The van der Waals surface area contributed by atoms with Crippen LogP contribution in [0.2, 0.25) is 0 Å². The van der Waals surface area contributed by atoms with E-state index >= 15 is 0 Å². The minimum absolute atomic E-state index is 0.0731. The lowest BCUT2D eigenvalue weighted by Gasteiger charge is -2.46. The van der Waals surface area contributed by atoms with Gasteiger partial charge >= 0.3 is 0 Å². The van der Waals surface area contributed by atoms with E-state index in [2.05, 4.69) is 47.1 Å². The van der Waals surface area contributed by atoms with Crippen LogP contribution in [0.1, 0.15) is 31.2 Å². The second-order valence-electron chi connectivity index (χ2n) is 6.93. The van der Waals surface area contributed by atoms with Crippen molar-refractivity contribution in [1.29, 1.82) is 21.2 Å². The van der Waals surface area contributed by atoms with Crippen molar-refractivity contribution in [2.75, 3.05) is 0 Å². The number of rotatable bonds is 1. The van der Waals surface area contributed by atoms with E-state index in [9.17, 15) is 15.8 Å². The van der Waals surface area contributed by atoms with Gasteiger partial charge in [-0.15, -0.1) is 0 Å². The van der Waals surface area contributed by atoms with Crippen molar-refractivity contribution < 1.29 is 0 Å². The van der Waals surface area contributed by atoms with Crippen LogP contribution in [0.25, 0.3) is 0 Å². The fourth-order valence-electron chi connectivity index (χ4n) is 4.28. The van der Waals surface area contributed by atoms with Gasteiger partial charge in [-0.3, -0.25) is 0 Å². The Morgan fingerprint density at radius 2 is 1.96 bits per heavy atom. The highest BCUT2D eigenvalue weighted by molar-refractivity contribution is 9.10. The fraction of sp³-hybridized carbons (Fsp3) is 0.400. The number of nitrogens with zero attached hydrogens (tertiary/aromatic N) is 3. The van der Waals surface area contributed by atoms with Crippen LogP contribution in [-0.2, 0) is 0 Å². The zero-order valence-corrected chi connectivity index (χ0v) is 15.4. The van der Waals surface area contributed by atoms with Crippen LogP contribution in [0.4, 0.5) is 0 Å². The first kappa shape index (κ1) is 17.4. The number of allylic oxidation sites excluding steroid dienone is 2. The standard InChI is InChI=1S/C20H17BrN4/c1-12-5-6-15-16(7-12)18(13-3-2-4-14(21)8-13)20(10-23,11-24)19(25)17(15)9-22/h2-4,6,8,12,16-18,25H,5,7H2,1H3/t12-,16-,17?,18-/m0/s1. The number of halogens is 1. The molecule has 0 amide bonds. The fourth-order valence-corrected chi connectivity index (χ4v) is 4.70. The van der Waals surface area contributed by atoms with E-state index in [0.29, 0.717) is 5.92 Å². The van der Waals surface area contributed by atoms with Gasteiger partial charge in [-0.1, -0.05) is 41.1 Å². The van der Waals surface area contributed by atoms with Crippen molar-refractivity contribution in [2.45, 2.75) is 25.7 Å². The summed E-state index contributed by atoms with van der Waals surface area (Å²) in [6.07, 6.45) is 3.75. The van der Waals surface area contributed by atoms with Crippen LogP contribution in [0.15, 0.2) is 40.4 Å². The zero-order valence-electron chi connectivity index (χ0n) is 13.8. The Bertz CT molecular complexity index is 866. The van der Waals surface area contributed by atoms with E-state index < -0.39 is 17.3 Å². The second kappa shape index (κ2) is 6.47. The second-order valence-corrected chi connectivity index (χ2v) is 7.84. The van der Waals surface area contributed by atoms with Crippen LogP contribution >= 0.6 is 15.9 Å². The van der Waals surface area contributed by atoms with E-state index in [0.717, 1.165) is 28.5 Å². The third kappa shape index (κ3) is 2.58. The molecule has 0 aromatic heterocycles. The molecule has 0 radical (unpaired) electrons. The van der Waals surface area contributed by atoms with Crippen molar-refractivity contribution >= 4 is 21.6 Å². The molecular formula is C20H17BrN4. The van der Waals surface area contributed by atoms with Crippen molar-refractivity contribution in [3.63, 3.8) is 0 Å². The van der Waals surface area contributed by atoms with Gasteiger partial charge < -0.3 is 5.41 Å². The highest BCUT2D eigenvalue weighted by atomic mass is 79.9. The predicted molar refractivity (Wildman–Crippen MR) is 97.3 cm³/mol. The molecule has 1 aromatic carbocycles. The Morgan fingerprint density at radius 1 is 1.24 bits per heavy atom. The van der Waals surface area contributed by atoms with Crippen molar-refractivity contribution in [2.24, 2.45) is 23.2 Å². The van der Waals surface area contributed by atoms with Gasteiger partial charge in [-0.05, 0) is 47.9 Å². The van der Waals surface area contributed by atoms with Crippen LogP contribution in [0.5, 0.6) is 0 Å². The summed E-state index contributed by atoms with van der Waals surface area (Å²) in [5.74, 6) is -0.868. The average Bonchev–Trinajstić information content (AvgIpc) is 2.61. The molecule has 0 aliphatic heterocycles. The minimum atomic E-state index is -1.61. The summed E-state index contributed by atoms with van der Waals surface area (Å²) in [6.45, 7) is 2.15. The first-order chi connectivity index (χ1) is 12.0. The summed E-state index contributed by atoms with van der Waals surface area (Å²) >= 11 is 3.46. The number of benzene rings is 1. The summed E-state index contributed by atoms with van der Waals surface area (Å²) in [6, 6.07) is 14.0. The van der Waals surface area contributed by atoms with Gasteiger partial charge in [0, 0.05) is 10.4 Å². The first-order valence-corrected chi connectivity index (χ1v) is 9.04. The van der Waals surface area contributed by atoms with Gasteiger partial charge in [0.15, 0.2) is 5.41 Å². The average molecular weight is 393 g/mol. The molecule has 2 aliphatic carbocycles. The van der Waals surface area contributed by atoms with E-state index in [4.69, 9.17) is 5.41 Å². The molecule has 0 heterocycles. The normalized spacial score (nSPS) is 30.2. The molecule has 4 nitrogen and oxygen atoms in total. The van der Waals surface area contributed by atoms with E-state index in [1.807, 2.05) is 24.3 Å². The largest absolute Gasteiger partial charge is 0.305 e. The third-order valence-electron chi connectivity index (χ3n) is 5.45. The molecule has 2 aliphatic rings. The van der Waals surface area contributed by atoms with Gasteiger partial charge in [0.1, 0.15) is 5.92 Å². The molecule has 1 N–H and O–H groups in total. The molecule has 3 rings (SSSR count). The molecule has 1 unspecified atom stereocenters. The first-order valence-electron chi connectivity index (χ1n) is 8.25. The maximum atomic E-state index is 9.93. The zero-order chi connectivity index (χ0) is 18.2. The number of fused-ring (bicyclic) bond motifs is 1. The molecule has 1 fully saturated rings. The Kier molecular flexibility index (Phi) is 4.51. The number of hydrogen-bond acceptors (Lipinski definition) is 4. The Morgan fingerprint density at radius 3 is 2.56 bits per heavy atom. The van der Waals surface area contributed by atoms with Gasteiger partial charge in [0.25, 0.3) is 0 Å². The van der Waals surface area contributed by atoms with Crippen molar-refractivity contribution in [1.82, 2.24) is 0 Å². The lowest BCUT2D eigenvalue weighted by molar-refractivity contribution is 0.283. The molecule has 4 atom stereocenters. The molecule has 1 saturated carbocycles. The molecule has 25 heavy (non-hydrogen) atoms. The van der Waals surface area contributed by atoms with Gasteiger partial charge in [-0.2, -0.15) is 15.8 Å². The number of nitriles is 3. The van der Waals surface area contributed by atoms with Gasteiger partial charge in [-0.25, -0.2) is 0 Å². The smallest absolute Gasteiger partial charge is 0.189 e.